The molecule has 2 rings (SSSR count). The number of anilines is 2. The molecule has 132 valence electrons. The van der Waals surface area contributed by atoms with Crippen molar-refractivity contribution in [2.24, 2.45) is 5.92 Å². The van der Waals surface area contributed by atoms with E-state index in [-0.39, 0.29) is 11.8 Å². The number of hydrogen-bond donors (Lipinski definition) is 2. The normalized spacial score (nSPS) is 11.3. The SMILES string of the molecule is CC(C)C(=O)Nc1ccc(NC(=O)c2ccccc2C(F)(F)F)cc1. The van der Waals surface area contributed by atoms with Crippen molar-refractivity contribution in [3.8, 4) is 0 Å². The van der Waals surface area contributed by atoms with Crippen molar-refractivity contribution in [1.82, 2.24) is 0 Å². The Kier molecular flexibility index (Phi) is 5.46. The van der Waals surface area contributed by atoms with Crippen molar-refractivity contribution in [2.75, 3.05) is 10.6 Å². The molecule has 0 aromatic heterocycles. The second-order valence-electron chi connectivity index (χ2n) is 5.72. The number of carbonyl (C=O) groups is 2. The molecule has 0 aliphatic rings. The van der Waals surface area contributed by atoms with Crippen LogP contribution in [-0.4, -0.2) is 11.8 Å². The van der Waals surface area contributed by atoms with E-state index in [4.69, 9.17) is 0 Å². The molecule has 25 heavy (non-hydrogen) atoms. The summed E-state index contributed by atoms with van der Waals surface area (Å²) in [7, 11) is 0. The van der Waals surface area contributed by atoms with E-state index in [0.29, 0.717) is 11.4 Å². The molecule has 0 bridgehead atoms. The minimum absolute atomic E-state index is 0.157. The summed E-state index contributed by atoms with van der Waals surface area (Å²) in [6.45, 7) is 3.50. The number of benzene rings is 2. The molecule has 0 aliphatic heterocycles. The van der Waals surface area contributed by atoms with E-state index in [1.54, 1.807) is 26.0 Å². The number of halogens is 3. The minimum Gasteiger partial charge on any atom is -0.326 e. The molecular formula is C18H17F3N2O2. The third-order valence-electron chi connectivity index (χ3n) is 3.41. The Morgan fingerprint density at radius 3 is 1.92 bits per heavy atom. The van der Waals surface area contributed by atoms with Crippen LogP contribution in [0.25, 0.3) is 0 Å². The van der Waals surface area contributed by atoms with E-state index >= 15 is 0 Å². The van der Waals surface area contributed by atoms with Gasteiger partial charge in [0.1, 0.15) is 0 Å². The van der Waals surface area contributed by atoms with E-state index in [1.807, 2.05) is 0 Å². The Bertz CT molecular complexity index is 769. The van der Waals surface area contributed by atoms with Crippen molar-refractivity contribution in [1.29, 1.82) is 0 Å². The molecule has 0 fully saturated rings. The van der Waals surface area contributed by atoms with Gasteiger partial charge in [-0.05, 0) is 36.4 Å². The maximum Gasteiger partial charge on any atom is 0.417 e. The molecule has 0 spiro atoms. The average molecular weight is 350 g/mol. The lowest BCUT2D eigenvalue weighted by atomic mass is 10.1. The van der Waals surface area contributed by atoms with E-state index in [0.717, 1.165) is 12.1 Å². The van der Waals surface area contributed by atoms with Crippen LogP contribution >= 0.6 is 0 Å². The highest BCUT2D eigenvalue weighted by molar-refractivity contribution is 6.05. The number of amides is 2. The quantitative estimate of drug-likeness (QED) is 0.850. The molecule has 0 saturated carbocycles. The zero-order valence-corrected chi connectivity index (χ0v) is 13.6. The van der Waals surface area contributed by atoms with Gasteiger partial charge in [-0.25, -0.2) is 0 Å². The smallest absolute Gasteiger partial charge is 0.326 e. The molecule has 0 heterocycles. The first-order chi connectivity index (χ1) is 11.7. The molecule has 2 N–H and O–H groups in total. The van der Waals surface area contributed by atoms with Crippen LogP contribution in [0.1, 0.15) is 29.8 Å². The van der Waals surface area contributed by atoms with Gasteiger partial charge in [-0.2, -0.15) is 13.2 Å². The highest BCUT2D eigenvalue weighted by Gasteiger charge is 2.34. The molecule has 0 atom stereocenters. The van der Waals surface area contributed by atoms with Crippen LogP contribution in [0.5, 0.6) is 0 Å². The van der Waals surface area contributed by atoms with Crippen LogP contribution in [0.2, 0.25) is 0 Å². The van der Waals surface area contributed by atoms with Crippen LogP contribution in [-0.2, 0) is 11.0 Å². The van der Waals surface area contributed by atoms with Gasteiger partial charge in [0.05, 0.1) is 11.1 Å². The molecular weight excluding hydrogens is 333 g/mol. The van der Waals surface area contributed by atoms with E-state index < -0.39 is 23.2 Å². The fourth-order valence-electron chi connectivity index (χ4n) is 2.05. The number of alkyl halides is 3. The third kappa shape index (κ3) is 4.82. The molecule has 4 nitrogen and oxygen atoms in total. The van der Waals surface area contributed by atoms with Crippen molar-refractivity contribution in [2.45, 2.75) is 20.0 Å². The summed E-state index contributed by atoms with van der Waals surface area (Å²) in [6, 6.07) is 10.7. The second-order valence-corrected chi connectivity index (χ2v) is 5.72. The lowest BCUT2D eigenvalue weighted by Crippen LogP contribution is -2.19. The predicted molar refractivity (Wildman–Crippen MR) is 89.3 cm³/mol. The largest absolute Gasteiger partial charge is 0.417 e. The summed E-state index contributed by atoms with van der Waals surface area (Å²) >= 11 is 0. The zero-order chi connectivity index (χ0) is 18.6. The number of rotatable bonds is 4. The maximum absolute atomic E-state index is 13.0. The van der Waals surface area contributed by atoms with E-state index in [1.165, 1.54) is 24.3 Å². The number of nitrogens with one attached hydrogen (secondary N) is 2. The minimum atomic E-state index is -4.61. The molecule has 0 radical (unpaired) electrons. The topological polar surface area (TPSA) is 58.2 Å². The summed E-state index contributed by atoms with van der Waals surface area (Å²) in [4.78, 5) is 23.8. The fraction of sp³-hybridized carbons (Fsp3) is 0.222. The van der Waals surface area contributed by atoms with E-state index in [2.05, 4.69) is 10.6 Å². The summed E-state index contributed by atoms with van der Waals surface area (Å²) in [5.41, 5.74) is -0.586. The summed E-state index contributed by atoms with van der Waals surface area (Å²) < 4.78 is 38.9. The molecule has 0 unspecified atom stereocenters. The van der Waals surface area contributed by atoms with Crippen LogP contribution in [0.15, 0.2) is 48.5 Å². The van der Waals surface area contributed by atoms with Gasteiger partial charge < -0.3 is 10.6 Å². The van der Waals surface area contributed by atoms with Crippen LogP contribution in [0, 0.1) is 5.92 Å². The van der Waals surface area contributed by atoms with Crippen LogP contribution in [0.4, 0.5) is 24.5 Å². The maximum atomic E-state index is 13.0. The third-order valence-corrected chi connectivity index (χ3v) is 3.41. The average Bonchev–Trinajstić information content (AvgIpc) is 2.55. The van der Waals surface area contributed by atoms with E-state index in [9.17, 15) is 22.8 Å². The Morgan fingerprint density at radius 1 is 0.880 bits per heavy atom. The lowest BCUT2D eigenvalue weighted by molar-refractivity contribution is -0.137. The molecule has 7 heteroatoms. The van der Waals surface area contributed by atoms with Crippen LogP contribution in [0.3, 0.4) is 0 Å². The van der Waals surface area contributed by atoms with Gasteiger partial charge in [0, 0.05) is 17.3 Å². The standard InChI is InChI=1S/C18H17F3N2O2/c1-11(2)16(24)22-12-7-9-13(10-8-12)23-17(25)14-5-3-4-6-15(14)18(19,20)21/h3-11H,1-2H3,(H,22,24)(H,23,25). The van der Waals surface area contributed by atoms with Gasteiger partial charge in [-0.15, -0.1) is 0 Å². The number of carbonyl (C=O) groups excluding carboxylic acids is 2. The highest BCUT2D eigenvalue weighted by Crippen LogP contribution is 2.32. The van der Waals surface area contributed by atoms with Gasteiger partial charge in [0.2, 0.25) is 5.91 Å². The van der Waals surface area contributed by atoms with Gasteiger partial charge in [-0.3, -0.25) is 9.59 Å². The monoisotopic (exact) mass is 350 g/mol. The Balaban J connectivity index is 2.13. The second kappa shape index (κ2) is 7.38. The van der Waals surface area contributed by atoms with Gasteiger partial charge in [-0.1, -0.05) is 26.0 Å². The highest BCUT2D eigenvalue weighted by atomic mass is 19.4. The van der Waals surface area contributed by atoms with Crippen molar-refractivity contribution in [3.63, 3.8) is 0 Å². The molecule has 2 aromatic carbocycles. The molecule has 0 aliphatic carbocycles. The summed E-state index contributed by atoms with van der Waals surface area (Å²) in [6.07, 6.45) is -4.61. The number of hydrogen-bond acceptors (Lipinski definition) is 2. The molecule has 2 aromatic rings. The Hall–Kier alpha value is -2.83. The van der Waals surface area contributed by atoms with Crippen molar-refractivity contribution < 1.29 is 22.8 Å². The van der Waals surface area contributed by atoms with Crippen molar-refractivity contribution in [3.05, 3.63) is 59.7 Å². The van der Waals surface area contributed by atoms with Gasteiger partial charge in [0.25, 0.3) is 5.91 Å². The zero-order valence-electron chi connectivity index (χ0n) is 13.6. The first kappa shape index (κ1) is 18.5. The Labute approximate surface area is 143 Å². The molecule has 0 saturated heterocycles. The van der Waals surface area contributed by atoms with Crippen molar-refractivity contribution >= 4 is 23.2 Å². The molecule has 2 amide bonds. The van der Waals surface area contributed by atoms with Crippen LogP contribution < -0.4 is 10.6 Å². The lowest BCUT2D eigenvalue weighted by Gasteiger charge is -2.13. The van der Waals surface area contributed by atoms with Gasteiger partial charge in [0.15, 0.2) is 0 Å². The summed E-state index contributed by atoms with van der Waals surface area (Å²) in [5, 5.41) is 5.10. The Morgan fingerprint density at radius 2 is 1.40 bits per heavy atom. The fourth-order valence-corrected chi connectivity index (χ4v) is 2.05. The summed E-state index contributed by atoms with van der Waals surface area (Å²) in [5.74, 6) is -1.19. The predicted octanol–water partition coefficient (Wildman–Crippen LogP) is 4.55. The van der Waals surface area contributed by atoms with Gasteiger partial charge >= 0.3 is 6.18 Å². The first-order valence-electron chi connectivity index (χ1n) is 7.57. The first-order valence-corrected chi connectivity index (χ1v) is 7.57.